The smallest absolute Gasteiger partial charge is 0.269 e. The Morgan fingerprint density at radius 1 is 1.62 bits per heavy atom. The summed E-state index contributed by atoms with van der Waals surface area (Å²) in [6.45, 7) is 1.64. The average molecular weight is 223 g/mol. The second kappa shape index (κ2) is 2.64. The molecule has 2 unspecified atom stereocenters. The number of carbonyl (C=O) groups is 1. The number of halogens is 1. The number of rotatable bonds is 1. The molecule has 0 saturated heterocycles. The molecule has 16 heavy (non-hydrogen) atoms. The molecule has 2 atom stereocenters. The molecule has 86 valence electrons. The zero-order chi connectivity index (χ0) is 11.6. The van der Waals surface area contributed by atoms with E-state index in [1.165, 1.54) is 0 Å². The van der Waals surface area contributed by atoms with Gasteiger partial charge in [-0.25, -0.2) is 4.39 Å². The van der Waals surface area contributed by atoms with Crippen LogP contribution in [-0.4, -0.2) is 21.8 Å². The Bertz CT molecular complexity index is 480. The molecule has 0 aromatic carbocycles. The lowest BCUT2D eigenvalue weighted by atomic mass is 9.81. The quantitative estimate of drug-likeness (QED) is 0.748. The van der Waals surface area contributed by atoms with Crippen LogP contribution < -0.4 is 5.73 Å². The highest BCUT2D eigenvalue weighted by molar-refractivity contribution is 5.92. The van der Waals surface area contributed by atoms with E-state index in [9.17, 15) is 9.18 Å². The van der Waals surface area contributed by atoms with Gasteiger partial charge in [-0.3, -0.25) is 9.89 Å². The van der Waals surface area contributed by atoms with Gasteiger partial charge < -0.3 is 5.73 Å². The largest absolute Gasteiger partial charge is 0.364 e. The van der Waals surface area contributed by atoms with E-state index >= 15 is 0 Å². The highest BCUT2D eigenvalue weighted by Crippen LogP contribution is 2.65. The summed E-state index contributed by atoms with van der Waals surface area (Å²) in [7, 11) is 0. The van der Waals surface area contributed by atoms with E-state index in [-0.39, 0.29) is 11.1 Å². The van der Waals surface area contributed by atoms with Gasteiger partial charge in [0.2, 0.25) is 0 Å². The Kier molecular flexibility index (Phi) is 1.62. The van der Waals surface area contributed by atoms with Crippen LogP contribution in [0.1, 0.15) is 41.5 Å². The van der Waals surface area contributed by atoms with Crippen molar-refractivity contribution >= 4 is 5.91 Å². The summed E-state index contributed by atoms with van der Waals surface area (Å²) in [4.78, 5) is 11.2. The van der Waals surface area contributed by atoms with E-state index < -0.39 is 11.6 Å². The first-order valence-corrected chi connectivity index (χ1v) is 5.50. The monoisotopic (exact) mass is 223 g/mol. The van der Waals surface area contributed by atoms with Crippen molar-refractivity contribution in [1.82, 2.24) is 10.2 Å². The maximum Gasteiger partial charge on any atom is 0.269 e. The van der Waals surface area contributed by atoms with Crippen molar-refractivity contribution < 1.29 is 9.18 Å². The average Bonchev–Trinajstić information content (AvgIpc) is 2.59. The fraction of sp³-hybridized carbons (Fsp3) is 0.636. The molecule has 1 aromatic rings. The van der Waals surface area contributed by atoms with E-state index in [4.69, 9.17) is 5.73 Å². The summed E-state index contributed by atoms with van der Waals surface area (Å²) in [6, 6.07) is 0. The molecule has 2 aliphatic carbocycles. The van der Waals surface area contributed by atoms with Crippen LogP contribution in [0.5, 0.6) is 0 Å². The number of nitrogens with one attached hydrogen (secondary N) is 1. The molecule has 1 aromatic heterocycles. The number of fused-ring (bicyclic) bond motifs is 1. The summed E-state index contributed by atoms with van der Waals surface area (Å²) in [5, 5.41) is 6.74. The van der Waals surface area contributed by atoms with Crippen molar-refractivity contribution in [3.63, 3.8) is 0 Å². The Labute approximate surface area is 92.4 Å². The highest BCUT2D eigenvalue weighted by Gasteiger charge is 2.66. The zero-order valence-corrected chi connectivity index (χ0v) is 9.14. The lowest BCUT2D eigenvalue weighted by Crippen LogP contribution is -2.24. The molecule has 5 heteroatoms. The van der Waals surface area contributed by atoms with E-state index in [1.54, 1.807) is 6.92 Å². The van der Waals surface area contributed by atoms with Crippen LogP contribution in [0.2, 0.25) is 0 Å². The number of nitrogens with two attached hydrogens (primary N) is 1. The van der Waals surface area contributed by atoms with Crippen molar-refractivity contribution in [2.45, 2.75) is 38.3 Å². The molecular weight excluding hydrogens is 209 g/mol. The predicted octanol–water partition coefficient (Wildman–Crippen LogP) is 1.12. The van der Waals surface area contributed by atoms with Gasteiger partial charge in [0, 0.05) is 16.7 Å². The molecule has 3 N–H and O–H groups in total. The predicted molar refractivity (Wildman–Crippen MR) is 55.7 cm³/mol. The van der Waals surface area contributed by atoms with Crippen LogP contribution in [0.15, 0.2) is 0 Å². The number of alkyl halides is 1. The minimum Gasteiger partial charge on any atom is -0.364 e. The first-order chi connectivity index (χ1) is 7.45. The third-order valence-corrected chi connectivity index (χ3v) is 4.21. The molecule has 0 bridgehead atoms. The molecule has 3 rings (SSSR count). The fourth-order valence-electron chi connectivity index (χ4n) is 2.98. The van der Waals surface area contributed by atoms with Crippen molar-refractivity contribution in [2.24, 2.45) is 11.1 Å². The van der Waals surface area contributed by atoms with Crippen molar-refractivity contribution in [1.29, 1.82) is 0 Å². The van der Waals surface area contributed by atoms with Gasteiger partial charge in [-0.05, 0) is 32.6 Å². The summed E-state index contributed by atoms with van der Waals surface area (Å²) in [5.41, 5.74) is 5.96. The summed E-state index contributed by atoms with van der Waals surface area (Å²) >= 11 is 0. The maximum atomic E-state index is 13.9. The molecule has 4 nitrogen and oxygen atoms in total. The van der Waals surface area contributed by atoms with Gasteiger partial charge in [0.15, 0.2) is 5.69 Å². The first-order valence-electron chi connectivity index (χ1n) is 5.50. The van der Waals surface area contributed by atoms with E-state index in [2.05, 4.69) is 10.2 Å². The molecule has 1 spiro atoms. The normalized spacial score (nSPS) is 36.1. The molecular formula is C11H14FN3O. The Morgan fingerprint density at radius 2 is 2.31 bits per heavy atom. The molecule has 1 amide bonds. The number of aromatic nitrogens is 2. The van der Waals surface area contributed by atoms with E-state index in [0.717, 1.165) is 24.1 Å². The van der Waals surface area contributed by atoms with Crippen molar-refractivity contribution in [3.05, 3.63) is 17.0 Å². The number of hydrogen-bond donors (Lipinski definition) is 2. The van der Waals surface area contributed by atoms with Gasteiger partial charge in [0.1, 0.15) is 5.67 Å². The number of hydrogen-bond acceptors (Lipinski definition) is 2. The fourth-order valence-corrected chi connectivity index (χ4v) is 2.98. The SMILES string of the molecule is CC1(F)CC12CCc1[nH]nc(C(N)=O)c1C2. The van der Waals surface area contributed by atoms with Crippen LogP contribution in [0.3, 0.4) is 0 Å². The number of aryl methyl sites for hydroxylation is 1. The minimum atomic E-state index is -1.09. The van der Waals surface area contributed by atoms with Gasteiger partial charge in [-0.2, -0.15) is 5.10 Å². The summed E-state index contributed by atoms with van der Waals surface area (Å²) in [6.07, 6.45) is 2.76. The van der Waals surface area contributed by atoms with Crippen LogP contribution in [-0.2, 0) is 12.8 Å². The molecule has 0 aliphatic heterocycles. The number of amides is 1. The van der Waals surface area contributed by atoms with Gasteiger partial charge in [0.05, 0.1) is 0 Å². The van der Waals surface area contributed by atoms with E-state index in [0.29, 0.717) is 12.8 Å². The summed E-state index contributed by atoms with van der Waals surface area (Å²) < 4.78 is 13.9. The topological polar surface area (TPSA) is 71.8 Å². The third kappa shape index (κ3) is 1.08. The second-order valence-electron chi connectivity index (χ2n) is 5.22. The van der Waals surface area contributed by atoms with Gasteiger partial charge in [-0.15, -0.1) is 0 Å². The minimum absolute atomic E-state index is 0.270. The number of nitrogens with zero attached hydrogens (tertiary/aromatic N) is 1. The Morgan fingerprint density at radius 3 is 2.88 bits per heavy atom. The van der Waals surface area contributed by atoms with Crippen LogP contribution in [0, 0.1) is 5.41 Å². The zero-order valence-electron chi connectivity index (χ0n) is 9.14. The first kappa shape index (κ1) is 9.81. The lowest BCUT2D eigenvalue weighted by Gasteiger charge is -2.23. The molecule has 0 radical (unpaired) electrons. The number of primary amides is 1. The maximum absolute atomic E-state index is 13.9. The Balaban J connectivity index is 1.99. The number of carbonyl (C=O) groups excluding carboxylic acids is 1. The number of H-pyrrole nitrogens is 1. The van der Waals surface area contributed by atoms with Gasteiger partial charge in [0.25, 0.3) is 5.91 Å². The number of aromatic amines is 1. The molecule has 2 aliphatic rings. The second-order valence-corrected chi connectivity index (χ2v) is 5.22. The Hall–Kier alpha value is -1.39. The molecule has 1 saturated carbocycles. The van der Waals surface area contributed by atoms with Crippen molar-refractivity contribution in [3.8, 4) is 0 Å². The standard InChI is InChI=1S/C11H14FN3O/c1-10(12)5-11(10)3-2-7-6(4-11)8(9(13)16)15-14-7/h2-5H2,1H3,(H2,13,16)(H,14,15). The van der Waals surface area contributed by atoms with Crippen LogP contribution >= 0.6 is 0 Å². The van der Waals surface area contributed by atoms with Gasteiger partial charge in [-0.1, -0.05) is 0 Å². The molecule has 1 fully saturated rings. The van der Waals surface area contributed by atoms with Crippen LogP contribution in [0.4, 0.5) is 4.39 Å². The summed E-state index contributed by atoms with van der Waals surface area (Å²) in [5.74, 6) is -0.532. The van der Waals surface area contributed by atoms with Crippen LogP contribution in [0.25, 0.3) is 0 Å². The van der Waals surface area contributed by atoms with Crippen molar-refractivity contribution in [2.75, 3.05) is 0 Å². The third-order valence-electron chi connectivity index (χ3n) is 4.21. The highest BCUT2D eigenvalue weighted by atomic mass is 19.1. The van der Waals surface area contributed by atoms with E-state index in [1.807, 2.05) is 0 Å². The molecule has 1 heterocycles. The lowest BCUT2D eigenvalue weighted by molar-refractivity contribution is 0.0993. The van der Waals surface area contributed by atoms with Gasteiger partial charge >= 0.3 is 0 Å².